The van der Waals surface area contributed by atoms with Crippen molar-refractivity contribution in [2.45, 2.75) is 20.4 Å². The second-order valence-corrected chi connectivity index (χ2v) is 10.9. The Kier molecular flexibility index (Phi) is 7.80. The zero-order chi connectivity index (χ0) is 26.6. The van der Waals surface area contributed by atoms with Crippen molar-refractivity contribution in [1.82, 2.24) is 9.99 Å². The monoisotopic (exact) mass is 534 g/mol. The molecule has 4 rings (SSSR count). The van der Waals surface area contributed by atoms with Crippen LogP contribution in [0.3, 0.4) is 0 Å². The molecule has 3 aromatic carbocycles. The average molecular weight is 535 g/mol. The maximum Gasteiger partial charge on any atom is 0.271 e. The largest absolute Gasteiger partial charge is 0.316 e. The molecule has 37 heavy (non-hydrogen) atoms. The van der Waals surface area contributed by atoms with Crippen LogP contribution in [0, 0.1) is 13.8 Å². The van der Waals surface area contributed by atoms with Crippen LogP contribution in [0.1, 0.15) is 32.9 Å². The van der Waals surface area contributed by atoms with E-state index in [1.54, 1.807) is 54.7 Å². The number of aromatic nitrogens is 1. The highest BCUT2D eigenvalue weighted by molar-refractivity contribution is 7.92. The summed E-state index contributed by atoms with van der Waals surface area (Å²) in [7, 11) is -3.48. The molecular weight excluding hydrogens is 508 g/mol. The number of rotatable bonds is 8. The normalized spacial score (nSPS) is 11.6. The van der Waals surface area contributed by atoms with E-state index in [9.17, 15) is 13.2 Å². The van der Waals surface area contributed by atoms with Gasteiger partial charge in [0.1, 0.15) is 0 Å². The lowest BCUT2D eigenvalue weighted by atomic mass is 10.1. The number of nitrogens with one attached hydrogen (secondary N) is 1. The molecule has 0 fully saturated rings. The van der Waals surface area contributed by atoms with Gasteiger partial charge in [-0.15, -0.1) is 0 Å². The van der Waals surface area contributed by atoms with E-state index in [-0.39, 0.29) is 12.5 Å². The van der Waals surface area contributed by atoms with Crippen LogP contribution in [-0.2, 0) is 16.6 Å². The fraction of sp³-hybridized carbons (Fsp3) is 0.143. The predicted molar refractivity (Wildman–Crippen MR) is 149 cm³/mol. The topological polar surface area (TPSA) is 83.8 Å². The van der Waals surface area contributed by atoms with Crippen LogP contribution >= 0.6 is 11.6 Å². The minimum absolute atomic E-state index is 0.157. The Morgan fingerprint density at radius 1 is 1.00 bits per heavy atom. The van der Waals surface area contributed by atoms with Gasteiger partial charge in [0.05, 0.1) is 35.4 Å². The van der Waals surface area contributed by atoms with E-state index in [4.69, 9.17) is 11.6 Å². The maximum absolute atomic E-state index is 12.6. The number of anilines is 1. The van der Waals surface area contributed by atoms with Crippen molar-refractivity contribution in [3.8, 4) is 5.69 Å². The van der Waals surface area contributed by atoms with Gasteiger partial charge in [-0.2, -0.15) is 5.10 Å². The number of para-hydroxylation sites is 2. The molecule has 0 spiro atoms. The summed E-state index contributed by atoms with van der Waals surface area (Å²) < 4.78 is 28.0. The summed E-state index contributed by atoms with van der Waals surface area (Å²) in [6, 6.07) is 25.2. The summed E-state index contributed by atoms with van der Waals surface area (Å²) in [6.07, 6.45) is 2.78. The lowest BCUT2D eigenvalue weighted by molar-refractivity contribution is 0.0955. The van der Waals surface area contributed by atoms with Crippen molar-refractivity contribution >= 4 is 39.4 Å². The first-order chi connectivity index (χ1) is 17.6. The Bertz CT molecular complexity index is 1550. The molecule has 0 aliphatic rings. The number of halogens is 1. The maximum atomic E-state index is 12.6. The van der Waals surface area contributed by atoms with E-state index < -0.39 is 10.0 Å². The van der Waals surface area contributed by atoms with Crippen molar-refractivity contribution < 1.29 is 13.2 Å². The predicted octanol–water partition coefficient (Wildman–Crippen LogP) is 5.48. The second kappa shape index (κ2) is 11.0. The molecule has 0 unspecified atom stereocenters. The number of nitrogens with zero attached hydrogens (tertiary/aromatic N) is 3. The van der Waals surface area contributed by atoms with E-state index in [0.717, 1.165) is 28.2 Å². The van der Waals surface area contributed by atoms with E-state index in [1.165, 1.54) is 10.6 Å². The Balaban J connectivity index is 1.44. The molecular formula is C28H27ClN4O3S. The van der Waals surface area contributed by atoms with Crippen LogP contribution in [0.25, 0.3) is 5.69 Å². The number of benzene rings is 3. The molecule has 0 aliphatic heterocycles. The van der Waals surface area contributed by atoms with Crippen LogP contribution < -0.4 is 9.73 Å². The van der Waals surface area contributed by atoms with Gasteiger partial charge in [-0.3, -0.25) is 9.10 Å². The average Bonchev–Trinajstić information content (AvgIpc) is 3.15. The molecule has 1 heterocycles. The highest BCUT2D eigenvalue weighted by Gasteiger charge is 2.18. The number of hydrazone groups is 1. The molecule has 190 valence electrons. The highest BCUT2D eigenvalue weighted by Crippen LogP contribution is 2.25. The van der Waals surface area contributed by atoms with Crippen molar-refractivity contribution in [2.24, 2.45) is 5.10 Å². The number of carbonyl (C=O) groups excluding carboxylic acids is 1. The van der Waals surface area contributed by atoms with Crippen LogP contribution in [0.15, 0.2) is 90.0 Å². The van der Waals surface area contributed by atoms with E-state index in [2.05, 4.69) is 10.5 Å². The van der Waals surface area contributed by atoms with Crippen molar-refractivity contribution in [3.05, 3.63) is 118 Å². The number of aryl methyl sites for hydroxylation is 1. The Morgan fingerprint density at radius 3 is 2.30 bits per heavy atom. The minimum Gasteiger partial charge on any atom is -0.316 e. The third-order valence-electron chi connectivity index (χ3n) is 5.92. The molecule has 0 radical (unpaired) electrons. The number of hydrogen-bond donors (Lipinski definition) is 1. The summed E-state index contributed by atoms with van der Waals surface area (Å²) in [5.41, 5.74) is 7.97. The first-order valence-electron chi connectivity index (χ1n) is 11.5. The number of hydrogen-bond acceptors (Lipinski definition) is 4. The first-order valence-corrected chi connectivity index (χ1v) is 13.8. The third-order valence-corrected chi connectivity index (χ3v) is 7.38. The van der Waals surface area contributed by atoms with Gasteiger partial charge in [-0.1, -0.05) is 54.1 Å². The molecule has 1 N–H and O–H groups in total. The zero-order valence-electron chi connectivity index (χ0n) is 20.7. The minimum atomic E-state index is -3.48. The summed E-state index contributed by atoms with van der Waals surface area (Å²) in [6.45, 7) is 4.11. The van der Waals surface area contributed by atoms with Crippen LogP contribution in [0.2, 0.25) is 5.02 Å². The SMILES string of the molecule is Cc1cc(/C=N/NC(=O)c2ccc(CN(c3ccccc3)S(C)(=O)=O)cc2)c(C)n1-c1ccccc1Cl. The molecule has 0 atom stereocenters. The molecule has 0 bridgehead atoms. The van der Waals surface area contributed by atoms with Gasteiger partial charge in [0, 0.05) is 22.5 Å². The quantitative estimate of drug-likeness (QED) is 0.240. The standard InChI is InChI=1S/C28H27ClN4O3S/c1-20-17-24(21(2)33(20)27-12-8-7-11-26(27)29)18-30-31-28(34)23-15-13-22(14-16-23)19-32(37(3,35)36)25-9-5-4-6-10-25/h4-18H,19H2,1-3H3,(H,31,34)/b30-18+. The molecule has 0 aliphatic carbocycles. The Hall–Kier alpha value is -3.88. The van der Waals surface area contributed by atoms with Crippen molar-refractivity contribution in [3.63, 3.8) is 0 Å². The zero-order valence-corrected chi connectivity index (χ0v) is 22.3. The molecule has 0 saturated heterocycles. The van der Waals surface area contributed by atoms with Crippen molar-refractivity contribution in [2.75, 3.05) is 10.6 Å². The molecule has 1 aromatic heterocycles. The molecule has 0 saturated carbocycles. The van der Waals surface area contributed by atoms with E-state index in [0.29, 0.717) is 16.3 Å². The summed E-state index contributed by atoms with van der Waals surface area (Å²) in [4.78, 5) is 12.6. The van der Waals surface area contributed by atoms with Crippen LogP contribution in [0.5, 0.6) is 0 Å². The summed E-state index contributed by atoms with van der Waals surface area (Å²) >= 11 is 6.37. The van der Waals surface area contributed by atoms with Gasteiger partial charge in [0.25, 0.3) is 5.91 Å². The Labute approximate surface area is 222 Å². The fourth-order valence-electron chi connectivity index (χ4n) is 4.07. The van der Waals surface area contributed by atoms with Crippen molar-refractivity contribution in [1.29, 1.82) is 0 Å². The lowest BCUT2D eigenvalue weighted by Gasteiger charge is -2.22. The van der Waals surface area contributed by atoms with E-state index in [1.807, 2.05) is 54.8 Å². The smallest absolute Gasteiger partial charge is 0.271 e. The van der Waals surface area contributed by atoms with Crippen LogP contribution in [0.4, 0.5) is 5.69 Å². The van der Waals surface area contributed by atoms with Gasteiger partial charge in [0.2, 0.25) is 10.0 Å². The third kappa shape index (κ3) is 6.10. The second-order valence-electron chi connectivity index (χ2n) is 8.61. The summed E-state index contributed by atoms with van der Waals surface area (Å²) in [5, 5.41) is 4.78. The number of carbonyl (C=O) groups is 1. The Morgan fingerprint density at radius 2 is 1.65 bits per heavy atom. The lowest BCUT2D eigenvalue weighted by Crippen LogP contribution is -2.29. The molecule has 7 nitrogen and oxygen atoms in total. The molecule has 4 aromatic rings. The van der Waals surface area contributed by atoms with Crippen LogP contribution in [-0.4, -0.2) is 31.4 Å². The van der Waals surface area contributed by atoms with Gasteiger partial charge >= 0.3 is 0 Å². The van der Waals surface area contributed by atoms with Gasteiger partial charge in [0.15, 0.2) is 0 Å². The highest BCUT2D eigenvalue weighted by atomic mass is 35.5. The molecule has 1 amide bonds. The first kappa shape index (κ1) is 26.2. The van der Waals surface area contributed by atoms with Gasteiger partial charge in [-0.25, -0.2) is 13.8 Å². The fourth-order valence-corrected chi connectivity index (χ4v) is 5.18. The number of sulfonamides is 1. The van der Waals surface area contributed by atoms with Gasteiger partial charge in [-0.05, 0) is 61.9 Å². The summed E-state index contributed by atoms with van der Waals surface area (Å²) in [5.74, 6) is -0.370. The number of amides is 1. The van der Waals surface area contributed by atoms with E-state index >= 15 is 0 Å². The van der Waals surface area contributed by atoms with Gasteiger partial charge < -0.3 is 4.57 Å². The molecule has 9 heteroatoms.